The molecular formula is C11H19N3O. The average Bonchev–Trinajstić information content (AvgIpc) is 2.29. The van der Waals surface area contributed by atoms with E-state index in [0.29, 0.717) is 6.67 Å². The van der Waals surface area contributed by atoms with Crippen LogP contribution in [0.2, 0.25) is 0 Å². The van der Waals surface area contributed by atoms with Crippen LogP contribution in [0, 0.1) is 0 Å². The lowest BCUT2D eigenvalue weighted by Gasteiger charge is -2.10. The van der Waals surface area contributed by atoms with Crippen molar-refractivity contribution in [3.63, 3.8) is 0 Å². The predicted octanol–water partition coefficient (Wildman–Crippen LogP) is 0.768. The normalized spacial score (nSPS) is 10.3. The van der Waals surface area contributed by atoms with Gasteiger partial charge in [-0.15, -0.1) is 0 Å². The summed E-state index contributed by atoms with van der Waals surface area (Å²) < 4.78 is 5.28. The zero-order valence-electron chi connectivity index (χ0n) is 9.34. The Morgan fingerprint density at radius 1 is 1.40 bits per heavy atom. The number of nitrogens with one attached hydrogen (secondary N) is 2. The van der Waals surface area contributed by atoms with E-state index >= 15 is 0 Å². The van der Waals surface area contributed by atoms with Gasteiger partial charge in [0.1, 0.15) is 5.75 Å². The molecule has 0 radical (unpaired) electrons. The fourth-order valence-corrected chi connectivity index (χ4v) is 1.46. The smallest absolute Gasteiger partial charge is 0.123 e. The van der Waals surface area contributed by atoms with Crippen LogP contribution >= 0.6 is 0 Å². The van der Waals surface area contributed by atoms with Crippen LogP contribution < -0.4 is 21.3 Å². The quantitative estimate of drug-likeness (QED) is 0.280. The van der Waals surface area contributed by atoms with E-state index in [0.717, 1.165) is 24.3 Å². The number of aryl methyl sites for hydroxylation is 1. The fourth-order valence-electron chi connectivity index (χ4n) is 1.46. The van der Waals surface area contributed by atoms with Gasteiger partial charge in [0.15, 0.2) is 0 Å². The van der Waals surface area contributed by atoms with Gasteiger partial charge in [-0.25, -0.2) is 5.43 Å². The summed E-state index contributed by atoms with van der Waals surface area (Å²) >= 11 is 0. The van der Waals surface area contributed by atoms with Crippen LogP contribution in [0.25, 0.3) is 0 Å². The van der Waals surface area contributed by atoms with Crippen molar-refractivity contribution < 1.29 is 4.74 Å². The molecular weight excluding hydrogens is 190 g/mol. The molecule has 4 heteroatoms. The van der Waals surface area contributed by atoms with E-state index in [1.54, 1.807) is 7.11 Å². The number of rotatable bonds is 6. The first-order valence-electron chi connectivity index (χ1n) is 5.11. The number of benzene rings is 1. The summed E-state index contributed by atoms with van der Waals surface area (Å²) in [6.07, 6.45) is 1.03. The molecule has 1 rings (SSSR count). The molecule has 0 aliphatic heterocycles. The topological polar surface area (TPSA) is 59.3 Å². The van der Waals surface area contributed by atoms with Gasteiger partial charge in [0.05, 0.1) is 13.8 Å². The van der Waals surface area contributed by atoms with Crippen molar-refractivity contribution in [3.05, 3.63) is 29.3 Å². The highest BCUT2D eigenvalue weighted by atomic mass is 16.5. The molecule has 0 spiro atoms. The second kappa shape index (κ2) is 6.40. The molecule has 0 atom stereocenters. The third-order valence-corrected chi connectivity index (χ3v) is 2.30. The van der Waals surface area contributed by atoms with Crippen LogP contribution in [-0.2, 0) is 13.0 Å². The summed E-state index contributed by atoms with van der Waals surface area (Å²) in [6, 6.07) is 6.25. The number of nitrogens with two attached hydrogens (primary N) is 1. The van der Waals surface area contributed by atoms with Crippen molar-refractivity contribution in [2.45, 2.75) is 19.9 Å². The van der Waals surface area contributed by atoms with Crippen molar-refractivity contribution in [3.8, 4) is 5.75 Å². The van der Waals surface area contributed by atoms with Gasteiger partial charge in [0, 0.05) is 12.1 Å². The molecule has 0 unspecified atom stereocenters. The van der Waals surface area contributed by atoms with E-state index < -0.39 is 0 Å². The van der Waals surface area contributed by atoms with E-state index in [1.165, 1.54) is 5.56 Å². The van der Waals surface area contributed by atoms with E-state index in [-0.39, 0.29) is 0 Å². The standard InChI is InChI=1S/C11H19N3O/c1-3-9-4-5-11(15-2)10(6-9)7-13-8-14-12/h4-6,13-14H,3,7-8,12H2,1-2H3. The Balaban J connectivity index is 2.72. The Bertz CT molecular complexity index is 302. The van der Waals surface area contributed by atoms with E-state index in [2.05, 4.69) is 29.8 Å². The molecule has 0 aliphatic rings. The lowest BCUT2D eigenvalue weighted by molar-refractivity contribution is 0.407. The summed E-state index contributed by atoms with van der Waals surface area (Å²) in [5.41, 5.74) is 5.02. The highest BCUT2D eigenvalue weighted by Gasteiger charge is 2.02. The second-order valence-corrected chi connectivity index (χ2v) is 3.31. The minimum atomic E-state index is 0.583. The summed E-state index contributed by atoms with van der Waals surface area (Å²) in [5, 5.41) is 3.16. The molecule has 0 aromatic heterocycles. The molecule has 1 aromatic carbocycles. The number of methoxy groups -OCH3 is 1. The maximum atomic E-state index is 5.28. The zero-order chi connectivity index (χ0) is 11.1. The van der Waals surface area contributed by atoms with E-state index in [4.69, 9.17) is 10.6 Å². The number of hydrogen-bond donors (Lipinski definition) is 3. The van der Waals surface area contributed by atoms with Gasteiger partial charge in [0.25, 0.3) is 0 Å². The number of hydrazine groups is 1. The molecule has 0 saturated carbocycles. The van der Waals surface area contributed by atoms with Crippen molar-refractivity contribution in [2.75, 3.05) is 13.8 Å². The molecule has 0 fully saturated rings. The van der Waals surface area contributed by atoms with E-state index in [1.807, 2.05) is 6.07 Å². The average molecular weight is 209 g/mol. The number of hydrogen-bond acceptors (Lipinski definition) is 4. The van der Waals surface area contributed by atoms with E-state index in [9.17, 15) is 0 Å². The Hall–Kier alpha value is -1.10. The van der Waals surface area contributed by atoms with Gasteiger partial charge in [-0.3, -0.25) is 11.2 Å². The van der Waals surface area contributed by atoms with Crippen molar-refractivity contribution in [2.24, 2.45) is 5.84 Å². The van der Waals surface area contributed by atoms with Crippen LogP contribution in [0.1, 0.15) is 18.1 Å². The fraction of sp³-hybridized carbons (Fsp3) is 0.455. The molecule has 1 aromatic rings. The maximum Gasteiger partial charge on any atom is 0.123 e. The third-order valence-electron chi connectivity index (χ3n) is 2.30. The maximum absolute atomic E-state index is 5.28. The van der Waals surface area contributed by atoms with Gasteiger partial charge in [0.2, 0.25) is 0 Å². The first-order valence-corrected chi connectivity index (χ1v) is 5.11. The van der Waals surface area contributed by atoms with Gasteiger partial charge < -0.3 is 4.74 Å². The molecule has 84 valence electrons. The highest BCUT2D eigenvalue weighted by molar-refractivity contribution is 5.37. The summed E-state index contributed by atoms with van der Waals surface area (Å²) in [7, 11) is 1.69. The molecule has 0 amide bonds. The SMILES string of the molecule is CCc1ccc(OC)c(CNCNN)c1. The molecule has 0 aliphatic carbocycles. The molecule has 0 heterocycles. The molecule has 0 bridgehead atoms. The minimum Gasteiger partial charge on any atom is -0.496 e. The Morgan fingerprint density at radius 3 is 2.80 bits per heavy atom. The first kappa shape index (κ1) is 12.0. The highest BCUT2D eigenvalue weighted by Crippen LogP contribution is 2.19. The van der Waals surface area contributed by atoms with Gasteiger partial charge in [-0.05, 0) is 18.1 Å². The Labute approximate surface area is 90.8 Å². The summed E-state index contributed by atoms with van der Waals surface area (Å²) in [5.74, 6) is 6.09. The molecule has 15 heavy (non-hydrogen) atoms. The lowest BCUT2D eigenvalue weighted by atomic mass is 10.1. The van der Waals surface area contributed by atoms with Crippen LogP contribution in [0.15, 0.2) is 18.2 Å². The largest absolute Gasteiger partial charge is 0.496 e. The monoisotopic (exact) mass is 209 g/mol. The predicted molar refractivity (Wildman–Crippen MR) is 61.4 cm³/mol. The third kappa shape index (κ3) is 3.51. The van der Waals surface area contributed by atoms with Crippen molar-refractivity contribution in [1.29, 1.82) is 0 Å². The zero-order valence-corrected chi connectivity index (χ0v) is 9.34. The van der Waals surface area contributed by atoms with Crippen LogP contribution in [-0.4, -0.2) is 13.8 Å². The first-order chi connectivity index (χ1) is 7.31. The van der Waals surface area contributed by atoms with Crippen molar-refractivity contribution >= 4 is 0 Å². The van der Waals surface area contributed by atoms with Gasteiger partial charge >= 0.3 is 0 Å². The van der Waals surface area contributed by atoms with Crippen molar-refractivity contribution in [1.82, 2.24) is 10.7 Å². The number of ether oxygens (including phenoxy) is 1. The molecule has 0 saturated heterocycles. The van der Waals surface area contributed by atoms with Gasteiger partial charge in [-0.2, -0.15) is 0 Å². The van der Waals surface area contributed by atoms with Crippen LogP contribution in [0.5, 0.6) is 5.75 Å². The van der Waals surface area contributed by atoms with Crippen LogP contribution in [0.3, 0.4) is 0 Å². The minimum absolute atomic E-state index is 0.583. The van der Waals surface area contributed by atoms with Gasteiger partial charge in [-0.1, -0.05) is 19.1 Å². The second-order valence-electron chi connectivity index (χ2n) is 3.31. The Kier molecular flexibility index (Phi) is 5.10. The van der Waals surface area contributed by atoms with Crippen LogP contribution in [0.4, 0.5) is 0 Å². The summed E-state index contributed by atoms with van der Waals surface area (Å²) in [4.78, 5) is 0. The lowest BCUT2D eigenvalue weighted by Crippen LogP contribution is -2.33. The Morgan fingerprint density at radius 2 is 2.20 bits per heavy atom. The molecule has 4 N–H and O–H groups in total. The summed E-state index contributed by atoms with van der Waals surface area (Å²) in [6.45, 7) is 3.47. The molecule has 4 nitrogen and oxygen atoms in total.